The highest BCUT2D eigenvalue weighted by Gasteiger charge is 2.36. The number of aliphatic hydroxyl groups excluding tert-OH is 1. The fourth-order valence-corrected chi connectivity index (χ4v) is 3.73. The number of rotatable bonds is 5. The highest BCUT2D eigenvalue weighted by atomic mass is 16.3. The van der Waals surface area contributed by atoms with Gasteiger partial charge in [0.15, 0.2) is 0 Å². The third-order valence-electron chi connectivity index (χ3n) is 4.79. The Hall–Kier alpha value is -0.160. The van der Waals surface area contributed by atoms with Crippen LogP contribution in [0.4, 0.5) is 0 Å². The van der Waals surface area contributed by atoms with E-state index in [9.17, 15) is 10.2 Å². The summed E-state index contributed by atoms with van der Waals surface area (Å²) in [6.45, 7) is 7.27. The molecule has 4 heteroatoms. The zero-order chi connectivity index (χ0) is 13.7. The number of hydrogen-bond acceptors (Lipinski definition) is 4. The number of likely N-dealkylation sites (tertiary alicyclic amines) is 2. The van der Waals surface area contributed by atoms with E-state index in [0.717, 1.165) is 52.0 Å². The second kappa shape index (κ2) is 7.02. The first kappa shape index (κ1) is 15.2. The molecule has 0 spiro atoms. The minimum atomic E-state index is -0.542. The van der Waals surface area contributed by atoms with Crippen LogP contribution < -0.4 is 0 Å². The maximum absolute atomic E-state index is 10.9. The van der Waals surface area contributed by atoms with Crippen molar-refractivity contribution < 1.29 is 10.2 Å². The van der Waals surface area contributed by atoms with Gasteiger partial charge in [0, 0.05) is 25.7 Å². The van der Waals surface area contributed by atoms with Crippen molar-refractivity contribution >= 4 is 0 Å². The summed E-state index contributed by atoms with van der Waals surface area (Å²) in [7, 11) is 0. The van der Waals surface area contributed by atoms with E-state index in [1.165, 1.54) is 19.3 Å². The lowest BCUT2D eigenvalue weighted by Gasteiger charge is -2.45. The van der Waals surface area contributed by atoms with Crippen LogP contribution in [0.5, 0.6) is 0 Å². The van der Waals surface area contributed by atoms with Gasteiger partial charge in [-0.05, 0) is 51.7 Å². The van der Waals surface area contributed by atoms with E-state index in [-0.39, 0.29) is 6.61 Å². The van der Waals surface area contributed by atoms with Crippen LogP contribution in [0.3, 0.4) is 0 Å². The Morgan fingerprint density at radius 3 is 2.79 bits per heavy atom. The maximum atomic E-state index is 10.9. The molecule has 0 bridgehead atoms. The van der Waals surface area contributed by atoms with Crippen molar-refractivity contribution in [3.8, 4) is 0 Å². The van der Waals surface area contributed by atoms with E-state index in [1.54, 1.807) is 0 Å². The van der Waals surface area contributed by atoms with Crippen molar-refractivity contribution in [1.29, 1.82) is 0 Å². The molecule has 2 aliphatic heterocycles. The van der Waals surface area contributed by atoms with Gasteiger partial charge in [-0.1, -0.05) is 13.3 Å². The predicted molar refractivity (Wildman–Crippen MR) is 77.2 cm³/mol. The fourth-order valence-electron chi connectivity index (χ4n) is 3.73. The quantitative estimate of drug-likeness (QED) is 0.784. The third-order valence-corrected chi connectivity index (χ3v) is 4.79. The van der Waals surface area contributed by atoms with Gasteiger partial charge >= 0.3 is 0 Å². The van der Waals surface area contributed by atoms with Gasteiger partial charge in [-0.15, -0.1) is 0 Å². The minimum absolute atomic E-state index is 0.265. The Bertz CT molecular complexity index is 273. The van der Waals surface area contributed by atoms with E-state index in [2.05, 4.69) is 16.7 Å². The van der Waals surface area contributed by atoms with Crippen molar-refractivity contribution in [1.82, 2.24) is 9.80 Å². The van der Waals surface area contributed by atoms with Crippen LogP contribution >= 0.6 is 0 Å². The van der Waals surface area contributed by atoms with E-state index in [4.69, 9.17) is 0 Å². The van der Waals surface area contributed by atoms with Crippen LogP contribution in [0.2, 0.25) is 0 Å². The standard InChI is InChI=1S/C15H30N2O2/c1-2-16-9-5-8-15(19,12-16)13-17-10-4-3-6-14(17)7-11-18/h14,18-19H,2-13H2,1H3/t14-,15-/m0/s1. The van der Waals surface area contributed by atoms with E-state index in [1.807, 2.05) is 0 Å². The van der Waals surface area contributed by atoms with Gasteiger partial charge in [-0.25, -0.2) is 0 Å². The number of likely N-dealkylation sites (N-methyl/N-ethyl adjacent to an activating group) is 1. The van der Waals surface area contributed by atoms with E-state index < -0.39 is 5.60 Å². The Balaban J connectivity index is 1.93. The van der Waals surface area contributed by atoms with Crippen LogP contribution in [0.15, 0.2) is 0 Å². The fraction of sp³-hybridized carbons (Fsp3) is 1.00. The van der Waals surface area contributed by atoms with Crippen LogP contribution in [-0.2, 0) is 0 Å². The summed E-state index contributed by atoms with van der Waals surface area (Å²) >= 11 is 0. The van der Waals surface area contributed by atoms with Crippen molar-refractivity contribution in [2.45, 2.75) is 57.1 Å². The number of β-amino-alcohol motifs (C(OH)–C–C–N with tert-alkyl or cyclic N) is 1. The van der Waals surface area contributed by atoms with Gasteiger partial charge in [-0.2, -0.15) is 0 Å². The molecule has 0 saturated carbocycles. The molecule has 2 aliphatic rings. The molecule has 0 radical (unpaired) electrons. The molecule has 0 aromatic rings. The molecule has 2 N–H and O–H groups in total. The molecular weight excluding hydrogens is 240 g/mol. The first-order chi connectivity index (χ1) is 9.17. The SMILES string of the molecule is CCN1CCC[C@@](O)(CN2CCCC[C@H]2CCO)C1. The molecule has 0 amide bonds. The van der Waals surface area contributed by atoms with Gasteiger partial charge in [0.05, 0.1) is 5.60 Å². The minimum Gasteiger partial charge on any atom is -0.396 e. The van der Waals surface area contributed by atoms with Gasteiger partial charge in [0.25, 0.3) is 0 Å². The van der Waals surface area contributed by atoms with Gasteiger partial charge < -0.3 is 15.1 Å². The van der Waals surface area contributed by atoms with Crippen LogP contribution in [0, 0.1) is 0 Å². The first-order valence-corrected chi connectivity index (χ1v) is 7.96. The monoisotopic (exact) mass is 270 g/mol. The smallest absolute Gasteiger partial charge is 0.0900 e. The summed E-state index contributed by atoms with van der Waals surface area (Å²) in [4.78, 5) is 4.79. The average molecular weight is 270 g/mol. The van der Waals surface area contributed by atoms with Crippen molar-refractivity contribution in [2.24, 2.45) is 0 Å². The molecule has 2 heterocycles. The molecule has 4 nitrogen and oxygen atoms in total. The molecular formula is C15H30N2O2. The van der Waals surface area contributed by atoms with Crippen LogP contribution in [0.25, 0.3) is 0 Å². The van der Waals surface area contributed by atoms with E-state index in [0.29, 0.717) is 6.04 Å². The molecule has 2 atom stereocenters. The number of piperidine rings is 2. The molecule has 2 fully saturated rings. The lowest BCUT2D eigenvalue weighted by molar-refractivity contribution is -0.0656. The Morgan fingerprint density at radius 1 is 1.21 bits per heavy atom. The van der Waals surface area contributed by atoms with Crippen LogP contribution in [-0.4, -0.2) is 71.0 Å². The Morgan fingerprint density at radius 2 is 2.05 bits per heavy atom. The molecule has 0 aliphatic carbocycles. The highest BCUT2D eigenvalue weighted by molar-refractivity contribution is 4.92. The summed E-state index contributed by atoms with van der Waals surface area (Å²) in [6, 6.07) is 0.472. The predicted octanol–water partition coefficient (Wildman–Crippen LogP) is 1.07. The molecule has 0 aromatic carbocycles. The molecule has 2 rings (SSSR count). The zero-order valence-electron chi connectivity index (χ0n) is 12.4. The normalized spacial score (nSPS) is 34.6. The second-order valence-corrected chi connectivity index (χ2v) is 6.33. The second-order valence-electron chi connectivity index (χ2n) is 6.33. The Kier molecular flexibility index (Phi) is 5.63. The Labute approximate surface area is 117 Å². The third kappa shape index (κ3) is 4.15. The lowest BCUT2D eigenvalue weighted by atomic mass is 9.89. The lowest BCUT2D eigenvalue weighted by Crippen LogP contribution is -2.56. The topological polar surface area (TPSA) is 46.9 Å². The molecule has 0 aromatic heterocycles. The first-order valence-electron chi connectivity index (χ1n) is 7.96. The number of nitrogens with zero attached hydrogens (tertiary/aromatic N) is 2. The average Bonchev–Trinajstić information content (AvgIpc) is 2.41. The number of aliphatic hydroxyl groups is 2. The molecule has 112 valence electrons. The maximum Gasteiger partial charge on any atom is 0.0900 e. The van der Waals surface area contributed by atoms with Crippen molar-refractivity contribution in [3.05, 3.63) is 0 Å². The summed E-state index contributed by atoms with van der Waals surface area (Å²) in [5.74, 6) is 0. The largest absolute Gasteiger partial charge is 0.396 e. The van der Waals surface area contributed by atoms with Crippen LogP contribution in [0.1, 0.15) is 45.4 Å². The zero-order valence-corrected chi connectivity index (χ0v) is 12.4. The molecule has 0 unspecified atom stereocenters. The highest BCUT2D eigenvalue weighted by Crippen LogP contribution is 2.27. The summed E-state index contributed by atoms with van der Waals surface area (Å²) < 4.78 is 0. The molecule has 2 saturated heterocycles. The number of hydrogen-bond donors (Lipinski definition) is 2. The summed E-state index contributed by atoms with van der Waals surface area (Å²) in [6.07, 6.45) is 6.55. The van der Waals surface area contributed by atoms with E-state index >= 15 is 0 Å². The van der Waals surface area contributed by atoms with Crippen molar-refractivity contribution in [2.75, 3.05) is 39.3 Å². The van der Waals surface area contributed by atoms with Gasteiger partial charge in [0.2, 0.25) is 0 Å². The van der Waals surface area contributed by atoms with Gasteiger partial charge in [-0.3, -0.25) is 4.90 Å². The van der Waals surface area contributed by atoms with Gasteiger partial charge in [0.1, 0.15) is 0 Å². The van der Waals surface area contributed by atoms with Crippen molar-refractivity contribution in [3.63, 3.8) is 0 Å². The summed E-state index contributed by atoms with van der Waals surface area (Å²) in [5.41, 5.74) is -0.542. The molecule has 19 heavy (non-hydrogen) atoms. The summed E-state index contributed by atoms with van der Waals surface area (Å²) in [5, 5.41) is 20.1.